The molecule has 2 rings (SSSR count). The summed E-state index contributed by atoms with van der Waals surface area (Å²) >= 11 is 1.02. The first-order chi connectivity index (χ1) is 8.72. The summed E-state index contributed by atoms with van der Waals surface area (Å²) in [6, 6.07) is 7.08. The number of amides is 1. The maximum Gasteiger partial charge on any atom is 0.269 e. The summed E-state index contributed by atoms with van der Waals surface area (Å²) in [7, 11) is 0. The average molecular weight is 262 g/mol. The lowest BCUT2D eigenvalue weighted by Crippen LogP contribution is -2.13. The van der Waals surface area contributed by atoms with Crippen LogP contribution in [-0.2, 0) is 0 Å². The molecule has 2 aromatic rings. The summed E-state index contributed by atoms with van der Waals surface area (Å²) in [4.78, 5) is 12.3. The smallest absolute Gasteiger partial charge is 0.269 e. The van der Waals surface area contributed by atoms with Crippen molar-refractivity contribution in [2.24, 2.45) is 5.16 Å². The average Bonchev–Trinajstić information content (AvgIpc) is 2.92. The minimum Gasteiger partial charge on any atom is -0.411 e. The molecule has 0 bridgehead atoms. The monoisotopic (exact) mass is 262 g/mol. The zero-order valence-electron chi connectivity index (χ0n) is 9.49. The van der Waals surface area contributed by atoms with Gasteiger partial charge in [-0.3, -0.25) is 4.79 Å². The van der Waals surface area contributed by atoms with Crippen LogP contribution >= 0.6 is 11.5 Å². The van der Waals surface area contributed by atoms with Crippen molar-refractivity contribution in [1.82, 2.24) is 9.59 Å². The third kappa shape index (κ3) is 2.51. The Morgan fingerprint density at radius 1 is 1.44 bits per heavy atom. The standard InChI is InChI=1S/C11H10N4O2S/c1-7(14-17)8-4-2-3-5-9(8)13-11(16)10-6-12-15-18-10/h2-6,17H,1H3,(H,13,16). The van der Waals surface area contributed by atoms with Crippen molar-refractivity contribution < 1.29 is 10.0 Å². The summed E-state index contributed by atoms with van der Waals surface area (Å²) in [6.07, 6.45) is 1.40. The molecular weight excluding hydrogens is 252 g/mol. The molecule has 18 heavy (non-hydrogen) atoms. The van der Waals surface area contributed by atoms with Crippen LogP contribution in [0, 0.1) is 0 Å². The zero-order valence-corrected chi connectivity index (χ0v) is 10.3. The van der Waals surface area contributed by atoms with Crippen molar-refractivity contribution in [2.75, 3.05) is 5.32 Å². The van der Waals surface area contributed by atoms with Gasteiger partial charge in [-0.1, -0.05) is 27.8 Å². The highest BCUT2D eigenvalue weighted by Crippen LogP contribution is 2.17. The largest absolute Gasteiger partial charge is 0.411 e. The number of oxime groups is 1. The fraction of sp³-hybridized carbons (Fsp3) is 0.0909. The SMILES string of the molecule is CC(=NO)c1ccccc1NC(=O)c1cnns1. The van der Waals surface area contributed by atoms with E-state index in [1.165, 1.54) is 6.20 Å². The van der Waals surface area contributed by atoms with Gasteiger partial charge in [-0.05, 0) is 24.5 Å². The van der Waals surface area contributed by atoms with E-state index >= 15 is 0 Å². The van der Waals surface area contributed by atoms with Gasteiger partial charge in [0.1, 0.15) is 4.88 Å². The van der Waals surface area contributed by atoms with E-state index in [9.17, 15) is 4.79 Å². The topological polar surface area (TPSA) is 87.5 Å². The van der Waals surface area contributed by atoms with Gasteiger partial charge in [-0.2, -0.15) is 0 Å². The van der Waals surface area contributed by atoms with E-state index in [4.69, 9.17) is 5.21 Å². The number of nitrogens with one attached hydrogen (secondary N) is 1. The minimum atomic E-state index is -0.289. The Balaban J connectivity index is 2.27. The lowest BCUT2D eigenvalue weighted by Gasteiger charge is -2.08. The number of aromatic nitrogens is 2. The molecule has 1 aromatic heterocycles. The summed E-state index contributed by atoms with van der Waals surface area (Å²) in [6.45, 7) is 1.65. The van der Waals surface area contributed by atoms with Gasteiger partial charge in [0.05, 0.1) is 17.6 Å². The second-order valence-corrected chi connectivity index (χ2v) is 4.25. The molecule has 0 aliphatic heterocycles. The lowest BCUT2D eigenvalue weighted by molar-refractivity contribution is 0.103. The summed E-state index contributed by atoms with van der Waals surface area (Å²) < 4.78 is 3.63. The maximum atomic E-state index is 11.9. The molecule has 0 aliphatic rings. The van der Waals surface area contributed by atoms with Crippen LogP contribution in [0.3, 0.4) is 0 Å². The van der Waals surface area contributed by atoms with Crippen molar-refractivity contribution in [1.29, 1.82) is 0 Å². The molecule has 0 radical (unpaired) electrons. The Bertz CT molecular complexity index is 580. The van der Waals surface area contributed by atoms with Gasteiger partial charge in [-0.15, -0.1) is 5.10 Å². The molecule has 0 unspecified atom stereocenters. The van der Waals surface area contributed by atoms with Crippen LogP contribution in [-0.4, -0.2) is 26.4 Å². The molecule has 0 saturated carbocycles. The molecule has 2 N–H and O–H groups in total. The second-order valence-electron chi connectivity index (χ2n) is 3.47. The molecule has 7 heteroatoms. The van der Waals surface area contributed by atoms with Crippen molar-refractivity contribution in [3.05, 3.63) is 40.9 Å². The molecular formula is C11H10N4O2S. The van der Waals surface area contributed by atoms with Gasteiger partial charge in [-0.25, -0.2) is 0 Å². The number of hydrogen-bond donors (Lipinski definition) is 2. The predicted octanol–water partition coefficient (Wildman–Crippen LogP) is 1.99. The van der Waals surface area contributed by atoms with Crippen molar-refractivity contribution in [3.8, 4) is 0 Å². The van der Waals surface area contributed by atoms with Crippen LogP contribution in [0.5, 0.6) is 0 Å². The molecule has 0 atom stereocenters. The van der Waals surface area contributed by atoms with Crippen LogP contribution in [0.4, 0.5) is 5.69 Å². The molecule has 92 valence electrons. The number of nitrogens with zero attached hydrogens (tertiary/aromatic N) is 3. The number of hydrogen-bond acceptors (Lipinski definition) is 6. The van der Waals surface area contributed by atoms with Gasteiger partial charge in [0.25, 0.3) is 5.91 Å². The Labute approximate surface area is 107 Å². The molecule has 0 aliphatic carbocycles. The number of rotatable bonds is 3. The van der Waals surface area contributed by atoms with Crippen LogP contribution in [0.15, 0.2) is 35.6 Å². The van der Waals surface area contributed by atoms with Gasteiger partial charge in [0.2, 0.25) is 0 Å². The lowest BCUT2D eigenvalue weighted by atomic mass is 10.1. The Morgan fingerprint density at radius 3 is 2.89 bits per heavy atom. The van der Waals surface area contributed by atoms with Crippen LogP contribution in [0.25, 0.3) is 0 Å². The Morgan fingerprint density at radius 2 is 2.22 bits per heavy atom. The van der Waals surface area contributed by atoms with Gasteiger partial charge in [0, 0.05) is 5.56 Å². The van der Waals surface area contributed by atoms with Gasteiger partial charge < -0.3 is 10.5 Å². The number of para-hydroxylation sites is 1. The fourth-order valence-electron chi connectivity index (χ4n) is 1.41. The van der Waals surface area contributed by atoms with E-state index in [2.05, 4.69) is 20.1 Å². The van der Waals surface area contributed by atoms with Gasteiger partial charge in [0.15, 0.2) is 0 Å². The highest BCUT2D eigenvalue weighted by atomic mass is 32.1. The molecule has 6 nitrogen and oxygen atoms in total. The molecule has 0 saturated heterocycles. The first-order valence-electron chi connectivity index (χ1n) is 5.09. The fourth-order valence-corrected chi connectivity index (χ4v) is 1.82. The van der Waals surface area contributed by atoms with Crippen molar-refractivity contribution >= 4 is 28.8 Å². The van der Waals surface area contributed by atoms with Crippen molar-refractivity contribution in [3.63, 3.8) is 0 Å². The van der Waals surface area contributed by atoms with Crippen molar-refractivity contribution in [2.45, 2.75) is 6.92 Å². The molecule has 0 fully saturated rings. The first-order valence-corrected chi connectivity index (χ1v) is 5.86. The summed E-state index contributed by atoms with van der Waals surface area (Å²) in [5.41, 5.74) is 1.66. The van der Waals surface area contributed by atoms with E-state index in [-0.39, 0.29) is 5.91 Å². The van der Waals surface area contributed by atoms with E-state index in [1.807, 2.05) is 0 Å². The van der Waals surface area contributed by atoms with E-state index in [0.717, 1.165) is 11.5 Å². The predicted molar refractivity (Wildman–Crippen MR) is 68.3 cm³/mol. The first kappa shape index (κ1) is 12.2. The molecule has 0 spiro atoms. The third-order valence-corrected chi connectivity index (χ3v) is 2.96. The minimum absolute atomic E-state index is 0.289. The number of anilines is 1. The Kier molecular flexibility index (Phi) is 3.63. The maximum absolute atomic E-state index is 11.9. The second kappa shape index (κ2) is 5.37. The van der Waals surface area contributed by atoms with E-state index < -0.39 is 0 Å². The van der Waals surface area contributed by atoms with E-state index in [0.29, 0.717) is 21.8 Å². The number of benzene rings is 1. The Hall–Kier alpha value is -2.28. The van der Waals surface area contributed by atoms with Crippen LogP contribution < -0.4 is 5.32 Å². The van der Waals surface area contributed by atoms with Gasteiger partial charge >= 0.3 is 0 Å². The zero-order chi connectivity index (χ0) is 13.0. The highest BCUT2D eigenvalue weighted by molar-refractivity contribution is 7.07. The molecule has 1 amide bonds. The quantitative estimate of drug-likeness (QED) is 0.503. The number of carbonyl (C=O) groups excluding carboxylic acids is 1. The number of carbonyl (C=O) groups is 1. The van der Waals surface area contributed by atoms with Crippen LogP contribution in [0.2, 0.25) is 0 Å². The van der Waals surface area contributed by atoms with Crippen LogP contribution in [0.1, 0.15) is 22.2 Å². The summed E-state index contributed by atoms with van der Waals surface area (Å²) in [5.74, 6) is -0.289. The molecule has 1 heterocycles. The normalized spacial score (nSPS) is 11.3. The molecule has 1 aromatic carbocycles. The van der Waals surface area contributed by atoms with E-state index in [1.54, 1.807) is 31.2 Å². The highest BCUT2D eigenvalue weighted by Gasteiger charge is 2.12. The summed E-state index contributed by atoms with van der Waals surface area (Å²) in [5, 5.41) is 18.3. The third-order valence-electron chi connectivity index (χ3n) is 2.30.